The van der Waals surface area contributed by atoms with Gasteiger partial charge in [-0.15, -0.1) is 0 Å². The minimum absolute atomic E-state index is 0.0412. The lowest BCUT2D eigenvalue weighted by molar-refractivity contribution is -0.279. The molecule has 96 heavy (non-hydrogen) atoms. The maximum absolute atomic E-state index is 18.3. The summed E-state index contributed by atoms with van der Waals surface area (Å²) in [5.41, 5.74) is -0.0676. The van der Waals surface area contributed by atoms with E-state index in [4.69, 9.17) is 66.1 Å². The minimum atomic E-state index is -1.94. The number of carbonyl (C=O) groups excluding carboxylic acids is 5. The lowest BCUT2D eigenvalue weighted by Crippen LogP contribution is -2.66. The fourth-order valence-electron chi connectivity index (χ4n) is 11.3. The third-order valence-corrected chi connectivity index (χ3v) is 17.8. The zero-order valence-electron chi connectivity index (χ0n) is 55.4. The molecule has 2 aliphatic rings. The van der Waals surface area contributed by atoms with Crippen LogP contribution in [0.1, 0.15) is 78.3 Å². The number of amides is 2. The average molecular weight is 1360 g/mol. The van der Waals surface area contributed by atoms with Crippen LogP contribution in [0.15, 0.2) is 120 Å². The number of imidazole rings is 1. The number of anilines is 1. The predicted molar refractivity (Wildman–Crippen MR) is 347 cm³/mol. The first kappa shape index (κ1) is 73.8. The average Bonchev–Trinajstić information content (AvgIpc) is 1.10. The van der Waals surface area contributed by atoms with Crippen LogP contribution in [-0.4, -0.2) is 201 Å². The number of methoxy groups -OCH3 is 2. The number of aromatic nitrogens is 4. The van der Waals surface area contributed by atoms with Gasteiger partial charge in [-0.2, -0.15) is 4.98 Å². The summed E-state index contributed by atoms with van der Waals surface area (Å²) in [6.07, 6.45) is -9.21. The standard InChI is InChI=1S/C67H85FN7O20P/c1-41(2)75(42(3)4)96(36-35-86-32-31-84-29-30-85-33-34-87-65-57(70-43(5)76)61(92-46(8)79)60(91-45(7)78)53(94-65)37-88-44(6)77)95-59-54(38-90-67(47-17-13-11-14-18-47,48-21-25-50(82-9)26-22-48)49-23-27-51(83-10)28-24-49)93-64(56(59)68)74-40-69-58-62(74)72-66(73-63(58)81)71-55(80)39-89-52-19-15-12-16-20-52/h11-28,40-42,53-54,56-57,59-61,64-65H,29-39H2,1-10H3,(H,70,76)(H2,71,72,73,80,81)/t53-,54-,56-,57-,59-,60+,61-,64-,65-,96?/m1/s1. The van der Waals surface area contributed by atoms with E-state index in [0.29, 0.717) is 23.4 Å². The van der Waals surface area contributed by atoms with Crippen LogP contribution >= 0.6 is 8.30 Å². The molecule has 27 nitrogen and oxygen atoms in total. The first-order valence-corrected chi connectivity index (χ1v) is 32.8. The molecule has 4 aromatic carbocycles. The van der Waals surface area contributed by atoms with E-state index in [1.54, 1.807) is 38.5 Å². The molecule has 2 aliphatic heterocycles. The fraction of sp³-hybridized carbons (Fsp3) is 0.493. The Kier molecular flexibility index (Phi) is 27.5. The first-order chi connectivity index (χ1) is 46.2. The second-order valence-electron chi connectivity index (χ2n) is 22.9. The van der Waals surface area contributed by atoms with Crippen LogP contribution in [0.2, 0.25) is 0 Å². The van der Waals surface area contributed by atoms with Gasteiger partial charge >= 0.3 is 17.9 Å². The Morgan fingerprint density at radius 3 is 1.79 bits per heavy atom. The quantitative estimate of drug-likeness (QED) is 0.0118. The van der Waals surface area contributed by atoms with Crippen molar-refractivity contribution in [3.05, 3.63) is 143 Å². The van der Waals surface area contributed by atoms with Crippen molar-refractivity contribution in [2.75, 3.05) is 91.8 Å². The van der Waals surface area contributed by atoms with E-state index in [2.05, 4.69) is 30.3 Å². The Morgan fingerprint density at radius 1 is 0.677 bits per heavy atom. The van der Waals surface area contributed by atoms with Gasteiger partial charge in [-0.05, 0) is 80.8 Å². The Labute approximate surface area is 557 Å². The van der Waals surface area contributed by atoms with Gasteiger partial charge < -0.3 is 71.4 Å². The number of hydrogen-bond donors (Lipinski definition) is 3. The Balaban J connectivity index is 0.972. The number of nitrogens with zero attached hydrogens (tertiary/aromatic N) is 4. The highest BCUT2D eigenvalue weighted by molar-refractivity contribution is 7.50. The van der Waals surface area contributed by atoms with E-state index in [0.717, 1.165) is 30.5 Å². The second-order valence-corrected chi connectivity index (χ2v) is 24.7. The van der Waals surface area contributed by atoms with Crippen molar-refractivity contribution < 1.29 is 94.5 Å². The van der Waals surface area contributed by atoms with Crippen LogP contribution in [0, 0.1) is 0 Å². The van der Waals surface area contributed by atoms with Gasteiger partial charge in [0.1, 0.15) is 62.1 Å². The number of ether oxygens (including phenoxy) is 13. The topological polar surface area (TPSA) is 305 Å². The van der Waals surface area contributed by atoms with Crippen LogP contribution in [0.5, 0.6) is 17.2 Å². The number of aromatic amines is 1. The molecule has 2 amide bonds. The summed E-state index contributed by atoms with van der Waals surface area (Å²) in [5, 5.41) is 5.23. The van der Waals surface area contributed by atoms with Gasteiger partial charge in [0.15, 0.2) is 48.7 Å². The van der Waals surface area contributed by atoms with E-state index in [-0.39, 0.29) is 88.7 Å². The molecule has 10 atom stereocenters. The van der Waals surface area contributed by atoms with Gasteiger partial charge in [0, 0.05) is 45.9 Å². The van der Waals surface area contributed by atoms with Crippen molar-refractivity contribution in [2.45, 2.75) is 128 Å². The van der Waals surface area contributed by atoms with Crippen molar-refractivity contribution in [1.82, 2.24) is 29.5 Å². The molecule has 2 saturated heterocycles. The SMILES string of the molecule is COc1ccc(C(OC[C@H]2O[C@@H](n3cnc4c(=O)[nH]c(NC(=O)COc5ccccc5)nc43)[C@H](F)[C@@H]2OP(CCOCCOCCOCCO[C@@H]2O[C@H](COC(C)=O)[C@H](OC(C)=O)[C@H](OC(C)=O)[C@H]2NC(C)=O)N(C(C)C)C(C)C)(c2ccccc2)c2ccc(OC)cc2)cc1. The lowest BCUT2D eigenvalue weighted by Gasteiger charge is -2.44. The number of nitrogens with one attached hydrogen (secondary N) is 3. The van der Waals surface area contributed by atoms with Crippen molar-refractivity contribution in [1.29, 1.82) is 0 Å². The summed E-state index contributed by atoms with van der Waals surface area (Å²) >= 11 is 0. The predicted octanol–water partition coefficient (Wildman–Crippen LogP) is 6.94. The fourth-order valence-corrected chi connectivity index (χ4v) is 13.6. The smallest absolute Gasteiger partial charge is 0.303 e. The zero-order valence-corrected chi connectivity index (χ0v) is 56.3. The van der Waals surface area contributed by atoms with E-state index in [1.165, 1.54) is 24.7 Å². The Bertz CT molecular complexity index is 3460. The van der Waals surface area contributed by atoms with Crippen LogP contribution < -0.4 is 30.4 Å². The number of esters is 3. The van der Waals surface area contributed by atoms with E-state index in [1.807, 2.05) is 113 Å². The monoisotopic (exact) mass is 1360 g/mol. The molecule has 0 bridgehead atoms. The molecule has 2 aromatic heterocycles. The summed E-state index contributed by atoms with van der Waals surface area (Å²) in [4.78, 5) is 86.7. The zero-order chi connectivity index (χ0) is 68.9. The summed E-state index contributed by atoms with van der Waals surface area (Å²) in [6.45, 7) is 12.7. The third-order valence-electron chi connectivity index (χ3n) is 15.3. The highest BCUT2D eigenvalue weighted by atomic mass is 31.2. The molecule has 0 radical (unpaired) electrons. The molecule has 520 valence electrons. The number of hydrogen-bond acceptors (Lipinski definition) is 23. The van der Waals surface area contributed by atoms with Gasteiger partial charge in [-0.3, -0.25) is 48.3 Å². The largest absolute Gasteiger partial charge is 0.497 e. The number of carbonyl (C=O) groups is 5. The number of rotatable bonds is 36. The van der Waals surface area contributed by atoms with Crippen molar-refractivity contribution in [3.8, 4) is 17.2 Å². The normalized spacial score (nSPS) is 20.6. The number of H-pyrrole nitrogens is 1. The van der Waals surface area contributed by atoms with Gasteiger partial charge in [-0.25, -0.2) is 9.37 Å². The van der Waals surface area contributed by atoms with E-state index < -0.39 is 111 Å². The number of halogens is 1. The van der Waals surface area contributed by atoms with Crippen molar-refractivity contribution >= 4 is 55.1 Å². The summed E-state index contributed by atoms with van der Waals surface area (Å²) in [7, 11) is 1.48. The molecule has 0 spiro atoms. The van der Waals surface area contributed by atoms with Crippen LogP contribution in [-0.2, 0) is 81.5 Å². The Morgan fingerprint density at radius 2 is 1.23 bits per heavy atom. The van der Waals surface area contributed by atoms with Gasteiger partial charge in [0.05, 0.1) is 73.4 Å². The molecule has 0 aliphatic carbocycles. The molecule has 29 heteroatoms. The van der Waals surface area contributed by atoms with E-state index in [9.17, 15) is 28.8 Å². The molecule has 1 unspecified atom stereocenters. The number of fused-ring (bicyclic) bond motifs is 1. The maximum atomic E-state index is 18.3. The minimum Gasteiger partial charge on any atom is -0.497 e. The molecular weight excluding hydrogens is 1270 g/mol. The third kappa shape index (κ3) is 19.6. The van der Waals surface area contributed by atoms with Crippen molar-refractivity contribution in [2.24, 2.45) is 0 Å². The molecule has 0 saturated carbocycles. The summed E-state index contributed by atoms with van der Waals surface area (Å²) < 4.78 is 106. The van der Waals surface area contributed by atoms with Crippen LogP contribution in [0.25, 0.3) is 11.2 Å². The number of alkyl halides is 1. The van der Waals surface area contributed by atoms with Gasteiger partial charge in [0.25, 0.3) is 11.5 Å². The lowest BCUT2D eigenvalue weighted by atomic mass is 9.80. The Hall–Kier alpha value is -8.02. The molecule has 8 rings (SSSR count). The maximum Gasteiger partial charge on any atom is 0.303 e. The highest BCUT2D eigenvalue weighted by Gasteiger charge is 2.53. The molecular formula is C67H85FN7O20P. The molecule has 3 N–H and O–H groups in total. The number of para-hydroxylation sites is 1. The van der Waals surface area contributed by atoms with Gasteiger partial charge in [0.2, 0.25) is 11.9 Å². The first-order valence-electron chi connectivity index (χ1n) is 31.4. The van der Waals surface area contributed by atoms with Gasteiger partial charge in [-0.1, -0.05) is 72.8 Å². The van der Waals surface area contributed by atoms with Crippen molar-refractivity contribution in [3.63, 3.8) is 0 Å². The van der Waals surface area contributed by atoms with Crippen LogP contribution in [0.4, 0.5) is 10.3 Å². The summed E-state index contributed by atoms with van der Waals surface area (Å²) in [6, 6.07) is 32.0. The molecule has 6 aromatic rings. The summed E-state index contributed by atoms with van der Waals surface area (Å²) in [5.74, 6) is -1.78. The molecule has 2 fully saturated rings. The second kappa shape index (κ2) is 35.8. The molecule has 4 heterocycles. The van der Waals surface area contributed by atoms with E-state index >= 15 is 4.39 Å². The number of benzene rings is 4. The van der Waals surface area contributed by atoms with Crippen LogP contribution in [0.3, 0.4) is 0 Å². The highest BCUT2D eigenvalue weighted by Crippen LogP contribution is 2.51.